The van der Waals surface area contributed by atoms with Gasteiger partial charge in [0.15, 0.2) is 0 Å². The molecular weight excluding hydrogens is 256 g/mol. The Kier molecular flexibility index (Phi) is 6.51. The number of nitrogens with one attached hydrogen (secondary N) is 2. The molecule has 0 aromatic carbocycles. The third kappa shape index (κ3) is 4.52. The Morgan fingerprint density at radius 1 is 1.40 bits per heavy atom. The molecular formula is C14H26N4O2. The van der Waals surface area contributed by atoms with Gasteiger partial charge in [-0.25, -0.2) is 4.79 Å². The predicted octanol–water partition coefficient (Wildman–Crippen LogP) is 1.32. The molecule has 1 aromatic heterocycles. The molecule has 1 unspecified atom stereocenters. The summed E-state index contributed by atoms with van der Waals surface area (Å²) in [5.41, 5.74) is 2.02. The molecule has 1 aromatic rings. The van der Waals surface area contributed by atoms with Crippen LogP contribution in [0.25, 0.3) is 0 Å². The van der Waals surface area contributed by atoms with E-state index in [4.69, 9.17) is 0 Å². The van der Waals surface area contributed by atoms with Crippen molar-refractivity contribution < 1.29 is 9.90 Å². The molecule has 3 N–H and O–H groups in total. The molecule has 0 saturated carbocycles. The number of aryl methyl sites for hydroxylation is 1. The number of nitrogens with zero attached hydrogens (tertiary/aromatic N) is 2. The summed E-state index contributed by atoms with van der Waals surface area (Å²) >= 11 is 0. The van der Waals surface area contributed by atoms with E-state index in [1.807, 2.05) is 27.8 Å². The molecule has 0 aliphatic heterocycles. The first-order valence-corrected chi connectivity index (χ1v) is 7.16. The summed E-state index contributed by atoms with van der Waals surface area (Å²) in [4.78, 5) is 11.7. The molecule has 1 rings (SSSR count). The van der Waals surface area contributed by atoms with E-state index in [9.17, 15) is 9.90 Å². The smallest absolute Gasteiger partial charge is 0.315 e. The lowest BCUT2D eigenvalue weighted by molar-refractivity contribution is 0.103. The Labute approximate surface area is 120 Å². The summed E-state index contributed by atoms with van der Waals surface area (Å²) in [6.45, 7) is 6.76. The topological polar surface area (TPSA) is 79.2 Å². The lowest BCUT2D eigenvalue weighted by Gasteiger charge is -2.20. The number of carbonyl (C=O) groups is 1. The molecule has 0 saturated heterocycles. The standard InChI is InChI=1S/C14H26N4O2/c1-5-11(6-2)13(19)9-16-14(20)15-7-12-8-17-18(4)10(12)3/h8,11,13,19H,5-7,9H2,1-4H3,(H2,15,16,20). The monoisotopic (exact) mass is 282 g/mol. The molecule has 114 valence electrons. The molecule has 1 heterocycles. The van der Waals surface area contributed by atoms with Crippen molar-refractivity contribution >= 4 is 6.03 Å². The second-order valence-corrected chi connectivity index (χ2v) is 5.09. The van der Waals surface area contributed by atoms with Gasteiger partial charge in [0.1, 0.15) is 0 Å². The van der Waals surface area contributed by atoms with Crippen LogP contribution in [0.2, 0.25) is 0 Å². The zero-order chi connectivity index (χ0) is 15.1. The van der Waals surface area contributed by atoms with Gasteiger partial charge < -0.3 is 15.7 Å². The van der Waals surface area contributed by atoms with Crippen molar-refractivity contribution in [2.75, 3.05) is 6.54 Å². The van der Waals surface area contributed by atoms with Crippen LogP contribution in [-0.2, 0) is 13.6 Å². The van der Waals surface area contributed by atoms with E-state index in [0.717, 1.165) is 24.1 Å². The minimum Gasteiger partial charge on any atom is -0.391 e. The highest BCUT2D eigenvalue weighted by molar-refractivity contribution is 5.73. The lowest BCUT2D eigenvalue weighted by Crippen LogP contribution is -2.41. The molecule has 6 heteroatoms. The SMILES string of the molecule is CCC(CC)C(O)CNC(=O)NCc1cnn(C)c1C. The molecule has 0 bridgehead atoms. The van der Waals surface area contributed by atoms with Crippen LogP contribution in [0.3, 0.4) is 0 Å². The van der Waals surface area contributed by atoms with Gasteiger partial charge >= 0.3 is 6.03 Å². The molecule has 2 amide bonds. The van der Waals surface area contributed by atoms with Crippen LogP contribution in [0, 0.1) is 12.8 Å². The van der Waals surface area contributed by atoms with Gasteiger partial charge in [-0.2, -0.15) is 5.10 Å². The molecule has 0 aliphatic rings. The summed E-state index contributed by atoms with van der Waals surface area (Å²) in [6.07, 6.45) is 3.08. The van der Waals surface area contributed by atoms with E-state index in [1.165, 1.54) is 0 Å². The second kappa shape index (κ2) is 7.89. The zero-order valence-corrected chi connectivity index (χ0v) is 12.8. The van der Waals surface area contributed by atoms with E-state index >= 15 is 0 Å². The Morgan fingerprint density at radius 2 is 2.05 bits per heavy atom. The van der Waals surface area contributed by atoms with Gasteiger partial charge in [0.2, 0.25) is 0 Å². The Bertz CT molecular complexity index is 427. The van der Waals surface area contributed by atoms with Crippen molar-refractivity contribution in [3.8, 4) is 0 Å². The molecule has 0 spiro atoms. The van der Waals surface area contributed by atoms with Gasteiger partial charge in [0.25, 0.3) is 0 Å². The number of aliphatic hydroxyl groups excluding tert-OH is 1. The van der Waals surface area contributed by atoms with Crippen LogP contribution < -0.4 is 10.6 Å². The van der Waals surface area contributed by atoms with Crippen molar-refractivity contribution in [2.24, 2.45) is 13.0 Å². The van der Waals surface area contributed by atoms with E-state index in [0.29, 0.717) is 6.54 Å². The number of aromatic nitrogens is 2. The molecule has 1 atom stereocenters. The first-order valence-electron chi connectivity index (χ1n) is 7.16. The normalized spacial score (nSPS) is 12.5. The van der Waals surface area contributed by atoms with Gasteiger partial charge in [-0.05, 0) is 12.8 Å². The average molecular weight is 282 g/mol. The molecule has 20 heavy (non-hydrogen) atoms. The van der Waals surface area contributed by atoms with E-state index in [2.05, 4.69) is 15.7 Å². The fraction of sp³-hybridized carbons (Fsp3) is 0.714. The van der Waals surface area contributed by atoms with Gasteiger partial charge in [0, 0.05) is 31.4 Å². The zero-order valence-electron chi connectivity index (χ0n) is 12.8. The third-order valence-corrected chi connectivity index (χ3v) is 3.84. The van der Waals surface area contributed by atoms with Crippen molar-refractivity contribution in [2.45, 2.75) is 46.3 Å². The largest absolute Gasteiger partial charge is 0.391 e. The number of aliphatic hydroxyl groups is 1. The van der Waals surface area contributed by atoms with Crippen LogP contribution in [0.1, 0.15) is 37.9 Å². The second-order valence-electron chi connectivity index (χ2n) is 5.09. The predicted molar refractivity (Wildman–Crippen MR) is 78.3 cm³/mol. The Balaban J connectivity index is 2.32. The number of urea groups is 1. The van der Waals surface area contributed by atoms with E-state index < -0.39 is 6.10 Å². The quantitative estimate of drug-likeness (QED) is 0.706. The molecule has 0 fully saturated rings. The average Bonchev–Trinajstić information content (AvgIpc) is 2.75. The number of hydrogen-bond acceptors (Lipinski definition) is 3. The fourth-order valence-electron chi connectivity index (χ4n) is 2.15. The van der Waals surface area contributed by atoms with Crippen molar-refractivity contribution in [1.29, 1.82) is 0 Å². The number of carbonyl (C=O) groups excluding carboxylic acids is 1. The Morgan fingerprint density at radius 3 is 2.55 bits per heavy atom. The van der Waals surface area contributed by atoms with Gasteiger partial charge in [-0.15, -0.1) is 0 Å². The molecule has 0 radical (unpaired) electrons. The summed E-state index contributed by atoms with van der Waals surface area (Å²) in [5, 5.41) is 19.5. The fourth-order valence-corrected chi connectivity index (χ4v) is 2.15. The van der Waals surface area contributed by atoms with Crippen LogP contribution in [0.4, 0.5) is 4.79 Å². The minimum absolute atomic E-state index is 0.232. The summed E-state index contributed by atoms with van der Waals surface area (Å²) < 4.78 is 1.77. The van der Waals surface area contributed by atoms with Crippen molar-refractivity contribution in [3.05, 3.63) is 17.5 Å². The number of amides is 2. The van der Waals surface area contributed by atoms with Gasteiger partial charge in [-0.1, -0.05) is 26.7 Å². The highest BCUT2D eigenvalue weighted by Crippen LogP contribution is 2.12. The first-order chi connectivity index (χ1) is 9.49. The van der Waals surface area contributed by atoms with Crippen LogP contribution >= 0.6 is 0 Å². The molecule has 6 nitrogen and oxygen atoms in total. The first kappa shape index (κ1) is 16.5. The van der Waals surface area contributed by atoms with Gasteiger partial charge in [0.05, 0.1) is 12.3 Å². The maximum Gasteiger partial charge on any atom is 0.315 e. The maximum atomic E-state index is 11.7. The van der Waals surface area contributed by atoms with E-state index in [1.54, 1.807) is 10.9 Å². The van der Waals surface area contributed by atoms with Crippen LogP contribution in [-0.4, -0.2) is 33.6 Å². The number of hydrogen-bond donors (Lipinski definition) is 3. The van der Waals surface area contributed by atoms with Crippen molar-refractivity contribution in [1.82, 2.24) is 20.4 Å². The Hall–Kier alpha value is -1.56. The number of rotatable bonds is 7. The highest BCUT2D eigenvalue weighted by atomic mass is 16.3. The van der Waals surface area contributed by atoms with E-state index in [-0.39, 0.29) is 18.5 Å². The van der Waals surface area contributed by atoms with Crippen LogP contribution in [0.5, 0.6) is 0 Å². The minimum atomic E-state index is -0.490. The summed E-state index contributed by atoms with van der Waals surface area (Å²) in [5.74, 6) is 0.232. The highest BCUT2D eigenvalue weighted by Gasteiger charge is 2.16. The molecule has 0 aliphatic carbocycles. The third-order valence-electron chi connectivity index (χ3n) is 3.84. The summed E-state index contributed by atoms with van der Waals surface area (Å²) in [7, 11) is 1.87. The van der Waals surface area contributed by atoms with Crippen molar-refractivity contribution in [3.63, 3.8) is 0 Å². The lowest BCUT2D eigenvalue weighted by atomic mass is 9.97. The van der Waals surface area contributed by atoms with Crippen LogP contribution in [0.15, 0.2) is 6.20 Å². The van der Waals surface area contributed by atoms with Gasteiger partial charge in [-0.3, -0.25) is 4.68 Å². The summed E-state index contributed by atoms with van der Waals surface area (Å²) in [6, 6.07) is -0.266. The maximum absolute atomic E-state index is 11.7.